The molecule has 0 radical (unpaired) electrons. The average molecular weight is 253 g/mol. The molecule has 3 rings (SSSR count). The molecule has 2 bridgehead atoms. The van der Waals surface area contributed by atoms with Crippen LogP contribution in [-0.2, 0) is 9.53 Å². The number of hydrogen-bond donors (Lipinski definition) is 1. The third-order valence-corrected chi connectivity index (χ3v) is 4.37. The highest BCUT2D eigenvalue weighted by molar-refractivity contribution is 5.82. The first-order valence-corrected chi connectivity index (χ1v) is 6.54. The van der Waals surface area contributed by atoms with Crippen LogP contribution >= 0.6 is 0 Å². The number of aliphatic carboxylic acids is 1. The molecule has 2 aliphatic carbocycles. The second-order valence-corrected chi connectivity index (χ2v) is 6.70. The molecule has 1 amide bonds. The van der Waals surface area contributed by atoms with Gasteiger partial charge in [0.2, 0.25) is 0 Å². The van der Waals surface area contributed by atoms with Gasteiger partial charge in [0.15, 0.2) is 0 Å². The van der Waals surface area contributed by atoms with Crippen LogP contribution in [-0.4, -0.2) is 39.8 Å². The molecule has 5 atom stereocenters. The highest BCUT2D eigenvalue weighted by Gasteiger charge is 2.68. The molecule has 0 unspecified atom stereocenters. The molecule has 100 valence electrons. The van der Waals surface area contributed by atoms with E-state index in [1.807, 2.05) is 0 Å². The van der Waals surface area contributed by atoms with Gasteiger partial charge in [0, 0.05) is 6.04 Å². The highest BCUT2D eigenvalue weighted by Crippen LogP contribution is 2.63. The Morgan fingerprint density at radius 1 is 1.17 bits per heavy atom. The van der Waals surface area contributed by atoms with Crippen molar-refractivity contribution in [3.05, 3.63) is 0 Å². The number of hydrogen-bond acceptors (Lipinski definition) is 3. The summed E-state index contributed by atoms with van der Waals surface area (Å²) in [5.74, 6) is 0.316. The molecule has 0 spiro atoms. The van der Waals surface area contributed by atoms with Crippen molar-refractivity contribution in [2.45, 2.75) is 51.3 Å². The SMILES string of the molecule is CC(C)(C)OC(=O)N1[C@H](C(=O)O)[C@@H]2C[C@H]1[C@H]1C[C@@H]21. The molecular formula is C13H19NO4. The molecule has 1 N–H and O–H groups in total. The topological polar surface area (TPSA) is 66.8 Å². The number of nitrogens with zero attached hydrogens (tertiary/aromatic N) is 1. The van der Waals surface area contributed by atoms with Gasteiger partial charge in [-0.3, -0.25) is 4.90 Å². The van der Waals surface area contributed by atoms with Crippen LogP contribution in [0.5, 0.6) is 0 Å². The van der Waals surface area contributed by atoms with Crippen LogP contribution in [0.15, 0.2) is 0 Å². The van der Waals surface area contributed by atoms with Crippen molar-refractivity contribution in [3.8, 4) is 0 Å². The molecule has 2 saturated carbocycles. The Hall–Kier alpha value is -1.26. The maximum Gasteiger partial charge on any atom is 0.411 e. The number of fused-ring (bicyclic) bond motifs is 5. The summed E-state index contributed by atoms with van der Waals surface area (Å²) in [5.41, 5.74) is -0.578. The number of amides is 1. The van der Waals surface area contributed by atoms with Crippen LogP contribution in [0.4, 0.5) is 4.79 Å². The summed E-state index contributed by atoms with van der Waals surface area (Å²) in [5, 5.41) is 9.34. The van der Waals surface area contributed by atoms with Gasteiger partial charge in [0.1, 0.15) is 11.6 Å². The zero-order chi connectivity index (χ0) is 13.2. The van der Waals surface area contributed by atoms with Crippen molar-refractivity contribution in [1.82, 2.24) is 4.90 Å². The second-order valence-electron chi connectivity index (χ2n) is 6.70. The number of carboxylic acid groups (broad SMARTS) is 1. The number of carboxylic acids is 1. The lowest BCUT2D eigenvalue weighted by Crippen LogP contribution is -2.51. The summed E-state index contributed by atoms with van der Waals surface area (Å²) in [6.45, 7) is 5.40. The van der Waals surface area contributed by atoms with E-state index in [-0.39, 0.29) is 12.0 Å². The van der Waals surface area contributed by atoms with Gasteiger partial charge in [0.25, 0.3) is 0 Å². The van der Waals surface area contributed by atoms with E-state index in [2.05, 4.69) is 0 Å². The van der Waals surface area contributed by atoms with Gasteiger partial charge < -0.3 is 9.84 Å². The first-order chi connectivity index (χ1) is 8.29. The van der Waals surface area contributed by atoms with Gasteiger partial charge in [-0.2, -0.15) is 0 Å². The molecule has 3 aliphatic rings. The van der Waals surface area contributed by atoms with E-state index in [0.29, 0.717) is 11.8 Å². The Labute approximate surface area is 106 Å². The van der Waals surface area contributed by atoms with E-state index in [9.17, 15) is 14.7 Å². The number of carbonyl (C=O) groups excluding carboxylic acids is 1. The Bertz CT molecular complexity index is 414. The molecule has 18 heavy (non-hydrogen) atoms. The smallest absolute Gasteiger partial charge is 0.411 e. The summed E-state index contributed by atoms with van der Waals surface area (Å²) in [7, 11) is 0. The van der Waals surface area contributed by atoms with Crippen molar-refractivity contribution in [3.63, 3.8) is 0 Å². The molecule has 0 aromatic carbocycles. The first-order valence-electron chi connectivity index (χ1n) is 6.54. The van der Waals surface area contributed by atoms with E-state index >= 15 is 0 Å². The van der Waals surface area contributed by atoms with E-state index in [0.717, 1.165) is 12.8 Å². The van der Waals surface area contributed by atoms with Gasteiger partial charge >= 0.3 is 12.1 Å². The zero-order valence-corrected chi connectivity index (χ0v) is 10.9. The van der Waals surface area contributed by atoms with E-state index in [1.165, 1.54) is 4.90 Å². The predicted octanol–water partition coefficient (Wildman–Crippen LogP) is 1.71. The average Bonchev–Trinajstić information content (AvgIpc) is 2.81. The minimum Gasteiger partial charge on any atom is -0.480 e. The predicted molar refractivity (Wildman–Crippen MR) is 63.0 cm³/mol. The number of likely N-dealkylation sites (tertiary alicyclic amines) is 1. The van der Waals surface area contributed by atoms with Crippen LogP contribution in [0.3, 0.4) is 0 Å². The largest absolute Gasteiger partial charge is 0.480 e. The summed E-state index contributed by atoms with van der Waals surface area (Å²) in [6, 6.07) is -0.579. The lowest BCUT2D eigenvalue weighted by molar-refractivity contribution is -0.145. The molecular weight excluding hydrogens is 234 g/mol. The third kappa shape index (κ3) is 1.60. The quantitative estimate of drug-likeness (QED) is 0.772. The molecule has 0 aromatic rings. The van der Waals surface area contributed by atoms with Gasteiger partial charge in [0.05, 0.1) is 0 Å². The third-order valence-electron chi connectivity index (χ3n) is 4.37. The van der Waals surface area contributed by atoms with Gasteiger partial charge in [-0.15, -0.1) is 0 Å². The Balaban J connectivity index is 1.82. The van der Waals surface area contributed by atoms with Crippen LogP contribution in [0.1, 0.15) is 33.6 Å². The van der Waals surface area contributed by atoms with Crippen molar-refractivity contribution < 1.29 is 19.4 Å². The Kier molecular flexibility index (Phi) is 2.23. The van der Waals surface area contributed by atoms with Crippen LogP contribution in [0, 0.1) is 17.8 Å². The van der Waals surface area contributed by atoms with Crippen molar-refractivity contribution >= 4 is 12.1 Å². The number of piperidine rings is 1. The summed E-state index contributed by atoms with van der Waals surface area (Å²) >= 11 is 0. The van der Waals surface area contributed by atoms with E-state index in [1.54, 1.807) is 20.8 Å². The number of carbonyl (C=O) groups is 2. The number of ether oxygens (including phenoxy) is 1. The summed E-state index contributed by atoms with van der Waals surface area (Å²) < 4.78 is 5.35. The molecule has 1 heterocycles. The van der Waals surface area contributed by atoms with Crippen molar-refractivity contribution in [2.75, 3.05) is 0 Å². The minimum atomic E-state index is -0.890. The maximum absolute atomic E-state index is 12.2. The Morgan fingerprint density at radius 3 is 2.39 bits per heavy atom. The van der Waals surface area contributed by atoms with Gasteiger partial charge in [-0.25, -0.2) is 9.59 Å². The zero-order valence-electron chi connectivity index (χ0n) is 10.9. The highest BCUT2D eigenvalue weighted by atomic mass is 16.6. The van der Waals surface area contributed by atoms with Crippen molar-refractivity contribution in [1.29, 1.82) is 0 Å². The van der Waals surface area contributed by atoms with Gasteiger partial charge in [-0.1, -0.05) is 0 Å². The van der Waals surface area contributed by atoms with Crippen LogP contribution in [0.2, 0.25) is 0 Å². The molecule has 3 fully saturated rings. The molecule has 5 nitrogen and oxygen atoms in total. The molecule has 1 aliphatic heterocycles. The van der Waals surface area contributed by atoms with Crippen LogP contribution in [0.25, 0.3) is 0 Å². The van der Waals surface area contributed by atoms with Crippen LogP contribution < -0.4 is 0 Å². The molecule has 1 saturated heterocycles. The lowest BCUT2D eigenvalue weighted by Gasteiger charge is -2.34. The number of rotatable bonds is 1. The molecule has 5 heteroatoms. The summed E-state index contributed by atoms with van der Waals surface area (Å²) in [6.07, 6.45) is 1.46. The fraction of sp³-hybridized carbons (Fsp3) is 0.846. The van der Waals surface area contributed by atoms with E-state index < -0.39 is 23.7 Å². The molecule has 0 aromatic heterocycles. The minimum absolute atomic E-state index is 0.0935. The lowest BCUT2D eigenvalue weighted by atomic mass is 9.97. The second kappa shape index (κ2) is 3.39. The summed E-state index contributed by atoms with van der Waals surface area (Å²) in [4.78, 5) is 25.0. The monoisotopic (exact) mass is 253 g/mol. The fourth-order valence-corrected chi connectivity index (χ4v) is 3.76. The van der Waals surface area contributed by atoms with E-state index in [4.69, 9.17) is 4.74 Å². The first kappa shape index (κ1) is 11.8. The standard InChI is InChI=1S/C13H19NO4/c1-13(2,3)18-12(17)14-9-5-8(6-4-7(6)9)10(14)11(15)16/h6-10H,4-5H2,1-3H3,(H,15,16)/t6-,7+,8-,9+,10+/m1/s1. The normalized spacial score (nSPS) is 40.6. The Morgan fingerprint density at radius 2 is 1.83 bits per heavy atom. The maximum atomic E-state index is 12.2. The fourth-order valence-electron chi connectivity index (χ4n) is 3.76. The van der Waals surface area contributed by atoms with Gasteiger partial charge in [-0.05, 0) is 51.4 Å². The van der Waals surface area contributed by atoms with Crippen molar-refractivity contribution in [2.24, 2.45) is 17.8 Å².